The second-order valence-electron chi connectivity index (χ2n) is 28.3. The van der Waals surface area contributed by atoms with E-state index in [0.29, 0.717) is 59.0 Å². The zero-order valence-corrected chi connectivity index (χ0v) is 45.9. The molecule has 8 aliphatic carbocycles. The monoisotopic (exact) mass is 987 g/mol. The third kappa shape index (κ3) is 8.31. The average molecular weight is 987 g/mol. The van der Waals surface area contributed by atoms with E-state index in [1.165, 1.54) is 77.0 Å². The molecule has 8 nitrogen and oxygen atoms in total. The number of carbonyl (C=O) groups excluding carboxylic acids is 2. The summed E-state index contributed by atoms with van der Waals surface area (Å²) in [6.45, 7) is 21.6. The Hall–Kier alpha value is -2.52. The van der Waals surface area contributed by atoms with Crippen molar-refractivity contribution in [1.82, 2.24) is 10.2 Å². The van der Waals surface area contributed by atoms with Crippen molar-refractivity contribution in [3.05, 3.63) is 58.2 Å². The van der Waals surface area contributed by atoms with E-state index in [4.69, 9.17) is 14.2 Å². The molecule has 13 rings (SSSR count). The summed E-state index contributed by atoms with van der Waals surface area (Å²) in [6, 6.07) is 10.6. The molecule has 4 heterocycles. The van der Waals surface area contributed by atoms with E-state index < -0.39 is 0 Å². The van der Waals surface area contributed by atoms with Gasteiger partial charge in [-0.25, -0.2) is 4.79 Å². The number of piperidine rings is 2. The second-order valence-corrected chi connectivity index (χ2v) is 28.3. The molecule has 1 aromatic carbocycles. The van der Waals surface area contributed by atoms with Crippen LogP contribution in [0.25, 0.3) is 0 Å². The van der Waals surface area contributed by atoms with Crippen molar-refractivity contribution in [2.75, 3.05) is 13.1 Å². The SMILES string of the molecule is CC1=C2C[C@H]3[C@@H](CC[C@@H]4CC(=O)CC[C@@]43C)[C@@H]2CC[C@@]2(C1)O[C@@H]1C[C@H](C)CN(C(=O)OCc3ccccc3)[C@H]1[C@H]2C.CC1=C2C[C@H]3[C@@H](CC[C@@H]4C[C@H](O)CC[C@@]43C)[C@@H]2CC[C@@]2(C1)O[C@@H]1C[C@H](C)CN[C@H]1[C@H]2C. The Morgan fingerprint density at radius 1 is 0.722 bits per heavy atom. The van der Waals surface area contributed by atoms with Crippen LogP contribution in [-0.2, 0) is 25.6 Å². The molecule has 4 saturated heterocycles. The minimum Gasteiger partial charge on any atom is -0.445 e. The minimum atomic E-state index is -0.202. The summed E-state index contributed by atoms with van der Waals surface area (Å²) >= 11 is 0. The van der Waals surface area contributed by atoms with Crippen LogP contribution in [0.4, 0.5) is 4.79 Å². The molecule has 2 N–H and O–H groups in total. The number of fused-ring (bicyclic) bond motifs is 12. The highest BCUT2D eigenvalue weighted by Gasteiger charge is 2.62. The molecule has 0 unspecified atom stereocenters. The maximum atomic E-state index is 13.5. The maximum Gasteiger partial charge on any atom is 0.410 e. The first-order chi connectivity index (χ1) is 34.5. The smallest absolute Gasteiger partial charge is 0.410 e. The van der Waals surface area contributed by atoms with Gasteiger partial charge in [-0.1, -0.05) is 94.2 Å². The quantitative estimate of drug-likeness (QED) is 0.285. The number of ketones is 1. The number of carbonyl (C=O) groups is 2. The maximum absolute atomic E-state index is 13.5. The fraction of sp³-hybridized carbons (Fsp3) is 0.812. The zero-order valence-electron chi connectivity index (χ0n) is 45.9. The number of likely N-dealkylation sites (tertiary alicyclic amines) is 1. The van der Waals surface area contributed by atoms with Gasteiger partial charge in [0.25, 0.3) is 0 Å². The highest BCUT2D eigenvalue weighted by atomic mass is 16.6. The molecule has 72 heavy (non-hydrogen) atoms. The lowest BCUT2D eigenvalue weighted by Crippen LogP contribution is -2.54. The Labute approximate surface area is 434 Å². The largest absolute Gasteiger partial charge is 0.445 e. The van der Waals surface area contributed by atoms with Crippen molar-refractivity contribution in [3.63, 3.8) is 0 Å². The van der Waals surface area contributed by atoms with Gasteiger partial charge >= 0.3 is 6.09 Å². The van der Waals surface area contributed by atoms with Crippen LogP contribution in [0.1, 0.15) is 189 Å². The van der Waals surface area contributed by atoms with Gasteiger partial charge in [-0.05, 0) is 212 Å². The molecular weight excluding hydrogens is 893 g/mol. The number of nitrogens with one attached hydrogen (secondary N) is 1. The minimum absolute atomic E-state index is 0.0387. The van der Waals surface area contributed by atoms with E-state index in [1.54, 1.807) is 16.7 Å². The van der Waals surface area contributed by atoms with E-state index in [1.807, 2.05) is 40.8 Å². The Balaban J connectivity index is 0.000000153. The highest BCUT2D eigenvalue weighted by Crippen LogP contribution is 2.67. The van der Waals surface area contributed by atoms with Gasteiger partial charge < -0.3 is 29.5 Å². The molecule has 12 aliphatic rings. The van der Waals surface area contributed by atoms with Crippen molar-refractivity contribution < 1.29 is 28.9 Å². The number of hydrogen-bond donors (Lipinski definition) is 2. The molecule has 21 atom stereocenters. The summed E-state index contributed by atoms with van der Waals surface area (Å²) in [4.78, 5) is 27.8. The highest BCUT2D eigenvalue weighted by molar-refractivity contribution is 5.79. The Kier molecular flexibility index (Phi) is 13.2. The van der Waals surface area contributed by atoms with E-state index in [9.17, 15) is 14.7 Å². The number of aliphatic hydroxyl groups excluding tert-OH is 1. The summed E-state index contributed by atoms with van der Waals surface area (Å²) in [5.74, 6) is 8.56. The predicted octanol–water partition coefficient (Wildman–Crippen LogP) is 13.2. The number of rotatable bonds is 2. The Morgan fingerprint density at radius 3 is 2.01 bits per heavy atom. The van der Waals surface area contributed by atoms with Gasteiger partial charge in [0.2, 0.25) is 0 Å². The first-order valence-corrected chi connectivity index (χ1v) is 30.1. The van der Waals surface area contributed by atoms with Crippen LogP contribution in [0.3, 0.4) is 0 Å². The number of allylic oxidation sites excluding steroid dienone is 2. The van der Waals surface area contributed by atoms with Crippen LogP contribution in [0, 0.1) is 81.8 Å². The van der Waals surface area contributed by atoms with Crippen LogP contribution < -0.4 is 5.32 Å². The number of amides is 1. The van der Waals surface area contributed by atoms with Gasteiger partial charge in [0, 0.05) is 37.3 Å². The number of nitrogens with zero attached hydrogens (tertiary/aromatic N) is 1. The third-order valence-corrected chi connectivity index (χ3v) is 24.6. The molecule has 2 spiro atoms. The van der Waals surface area contributed by atoms with E-state index in [0.717, 1.165) is 111 Å². The molecule has 6 saturated carbocycles. The molecule has 0 radical (unpaired) electrons. The predicted molar refractivity (Wildman–Crippen MR) is 284 cm³/mol. The zero-order chi connectivity index (χ0) is 50.1. The Bertz CT molecular complexity index is 2290. The van der Waals surface area contributed by atoms with Gasteiger partial charge in [-0.3, -0.25) is 4.79 Å². The average Bonchev–Trinajstić information content (AvgIpc) is 4.03. The van der Waals surface area contributed by atoms with Crippen LogP contribution in [-0.4, -0.2) is 76.6 Å². The van der Waals surface area contributed by atoms with Crippen molar-refractivity contribution in [1.29, 1.82) is 0 Å². The van der Waals surface area contributed by atoms with E-state index in [-0.39, 0.29) is 41.5 Å². The summed E-state index contributed by atoms with van der Waals surface area (Å²) < 4.78 is 20.1. The van der Waals surface area contributed by atoms with E-state index in [2.05, 4.69) is 60.7 Å². The number of benzene rings is 1. The fourth-order valence-electron chi connectivity index (χ4n) is 20.7. The normalized spacial score (nSPS) is 49.3. The van der Waals surface area contributed by atoms with E-state index >= 15 is 0 Å². The molecule has 10 fully saturated rings. The molecule has 4 aliphatic heterocycles. The standard InChI is InChI=1S/C36H49NO4.C28H45NO2/c1-22-16-32-33(37(20-22)34(39)40-21-25-8-6-5-7-9-25)24(3)36(41-32)15-13-28-29-11-10-26-17-27(38)12-14-35(26,4)31(29)18-30(28)23(2)19-36;1-16-11-25-26(29-15-16)18(3)28(31-25)10-8-21-22-6-5-19-12-20(30)7-9-27(19,4)24(22)13-23(21)17(2)14-28/h5-9,22,24,26,28-29,31-33H,10-21H2,1-4H3;16,18-22,24-26,29-30H,5-15H2,1-4H3/t22-,24+,26+,28-,29-,31-,32+,33-,35-,36-;16-,18+,19+,20+,21-,22-,24-,25+,26-,27-,28-/m00/s1. The van der Waals surface area contributed by atoms with Crippen molar-refractivity contribution >= 4 is 11.9 Å². The van der Waals surface area contributed by atoms with Crippen LogP contribution in [0.5, 0.6) is 0 Å². The van der Waals surface area contributed by atoms with Crippen molar-refractivity contribution in [2.24, 2.45) is 81.8 Å². The lowest BCUT2D eigenvalue weighted by atomic mass is 9.52. The molecule has 1 amide bonds. The topological polar surface area (TPSA) is 97.3 Å². The summed E-state index contributed by atoms with van der Waals surface area (Å²) in [6.07, 6.45) is 23.4. The molecule has 0 aromatic heterocycles. The number of aliphatic hydroxyl groups is 1. The number of ether oxygens (including phenoxy) is 3. The van der Waals surface area contributed by atoms with Gasteiger partial charge in [-0.2, -0.15) is 0 Å². The number of Topliss-reactive ketones (excluding diaryl/α,β-unsaturated/α-hetero) is 1. The van der Waals surface area contributed by atoms with Gasteiger partial charge in [-0.15, -0.1) is 0 Å². The molecule has 8 heteroatoms. The van der Waals surface area contributed by atoms with Crippen LogP contribution in [0.15, 0.2) is 52.6 Å². The second kappa shape index (κ2) is 18.9. The third-order valence-electron chi connectivity index (χ3n) is 24.6. The van der Waals surface area contributed by atoms with Crippen LogP contribution in [0.2, 0.25) is 0 Å². The molecule has 396 valence electrons. The lowest BCUT2D eigenvalue weighted by molar-refractivity contribution is -0.129. The molecule has 0 bridgehead atoms. The number of hydrogen-bond acceptors (Lipinski definition) is 7. The van der Waals surface area contributed by atoms with Crippen LogP contribution >= 0.6 is 0 Å². The van der Waals surface area contributed by atoms with Crippen molar-refractivity contribution in [3.8, 4) is 0 Å². The molecule has 1 aromatic rings. The first kappa shape index (κ1) is 50.3. The summed E-state index contributed by atoms with van der Waals surface area (Å²) in [5.41, 5.74) is 8.50. The van der Waals surface area contributed by atoms with Crippen molar-refractivity contribution in [2.45, 2.75) is 232 Å². The molecular formula is C64H94N2O6. The summed E-state index contributed by atoms with van der Waals surface area (Å²) in [7, 11) is 0. The Morgan fingerprint density at radius 2 is 1.33 bits per heavy atom. The fourth-order valence-corrected chi connectivity index (χ4v) is 20.7. The summed E-state index contributed by atoms with van der Waals surface area (Å²) in [5, 5.41) is 14.2. The van der Waals surface area contributed by atoms with Gasteiger partial charge in [0.1, 0.15) is 12.4 Å². The van der Waals surface area contributed by atoms with Gasteiger partial charge in [0.05, 0.1) is 35.6 Å². The lowest BCUT2D eigenvalue weighted by Gasteiger charge is -2.53. The first-order valence-electron chi connectivity index (χ1n) is 30.1. The van der Waals surface area contributed by atoms with Gasteiger partial charge in [0.15, 0.2) is 0 Å².